The monoisotopic (exact) mass is 296 g/mol. The van der Waals surface area contributed by atoms with E-state index in [1.54, 1.807) is 0 Å². The first-order chi connectivity index (χ1) is 9.52. The van der Waals surface area contributed by atoms with Crippen molar-refractivity contribution < 1.29 is 14.7 Å². The van der Waals surface area contributed by atoms with Gasteiger partial charge in [0.1, 0.15) is 4.88 Å². The maximum absolute atomic E-state index is 12.3. The summed E-state index contributed by atoms with van der Waals surface area (Å²) in [6.07, 6.45) is 4.10. The largest absolute Gasteiger partial charge is 0.481 e. The van der Waals surface area contributed by atoms with Gasteiger partial charge in [-0.25, -0.2) is 4.98 Å². The molecule has 2 rings (SSSR count). The fraction of sp³-hybridized carbons (Fsp3) is 0.643. The van der Waals surface area contributed by atoms with E-state index < -0.39 is 11.9 Å². The number of aromatic nitrogens is 1. The molecule has 0 radical (unpaired) electrons. The van der Waals surface area contributed by atoms with Crippen molar-refractivity contribution in [1.82, 2.24) is 10.3 Å². The highest BCUT2D eigenvalue weighted by atomic mass is 32.1. The van der Waals surface area contributed by atoms with Gasteiger partial charge < -0.3 is 10.4 Å². The summed E-state index contributed by atoms with van der Waals surface area (Å²) in [4.78, 5) is 28.4. The summed E-state index contributed by atoms with van der Waals surface area (Å²) < 4.78 is 0. The number of nitrogens with zero attached hydrogens (tertiary/aromatic N) is 1. The minimum atomic E-state index is -0.819. The van der Waals surface area contributed by atoms with Gasteiger partial charge >= 0.3 is 5.97 Å². The van der Waals surface area contributed by atoms with Gasteiger partial charge in [0.25, 0.3) is 5.91 Å². The predicted octanol–water partition coefficient (Wildman–Crippen LogP) is 2.39. The molecule has 1 amide bonds. The van der Waals surface area contributed by atoms with Gasteiger partial charge in [-0.05, 0) is 32.6 Å². The van der Waals surface area contributed by atoms with Gasteiger partial charge in [0.05, 0.1) is 16.6 Å². The Hall–Kier alpha value is -1.43. The van der Waals surface area contributed by atoms with Crippen LogP contribution in [-0.4, -0.2) is 28.0 Å². The molecule has 110 valence electrons. The molecule has 1 aliphatic carbocycles. The zero-order chi connectivity index (χ0) is 14.7. The number of rotatable bonds is 5. The Kier molecular flexibility index (Phi) is 4.75. The molecule has 0 aromatic carbocycles. The molecule has 6 heteroatoms. The second-order valence-electron chi connectivity index (χ2n) is 5.23. The first-order valence-electron chi connectivity index (χ1n) is 7.03. The Morgan fingerprint density at radius 1 is 1.45 bits per heavy atom. The van der Waals surface area contributed by atoms with Crippen LogP contribution in [0.15, 0.2) is 0 Å². The lowest BCUT2D eigenvalue weighted by Gasteiger charge is -2.17. The van der Waals surface area contributed by atoms with E-state index in [9.17, 15) is 9.59 Å². The molecule has 5 nitrogen and oxygen atoms in total. The van der Waals surface area contributed by atoms with Crippen LogP contribution < -0.4 is 5.32 Å². The highest BCUT2D eigenvalue weighted by molar-refractivity contribution is 7.13. The van der Waals surface area contributed by atoms with Gasteiger partial charge in [0, 0.05) is 6.04 Å². The van der Waals surface area contributed by atoms with Crippen molar-refractivity contribution in [3.8, 4) is 0 Å². The third-order valence-electron chi connectivity index (χ3n) is 3.66. The highest BCUT2D eigenvalue weighted by Crippen LogP contribution is 2.27. The molecule has 2 atom stereocenters. The van der Waals surface area contributed by atoms with Crippen molar-refractivity contribution in [3.63, 3.8) is 0 Å². The molecule has 2 N–H and O–H groups in total. The molecule has 1 saturated carbocycles. The Morgan fingerprint density at radius 2 is 2.20 bits per heavy atom. The number of aliphatic carboxylic acids is 1. The van der Waals surface area contributed by atoms with E-state index in [0.717, 1.165) is 36.4 Å². The van der Waals surface area contributed by atoms with Gasteiger partial charge in [-0.2, -0.15) is 0 Å². The van der Waals surface area contributed by atoms with Crippen LogP contribution in [0.3, 0.4) is 0 Å². The third kappa shape index (κ3) is 3.17. The zero-order valence-corrected chi connectivity index (χ0v) is 12.6. The smallest absolute Gasteiger partial charge is 0.308 e. The van der Waals surface area contributed by atoms with Gasteiger partial charge in [0.15, 0.2) is 0 Å². The molecule has 1 aromatic heterocycles. The van der Waals surface area contributed by atoms with Crippen LogP contribution in [0.2, 0.25) is 0 Å². The second-order valence-corrected chi connectivity index (χ2v) is 6.31. The predicted molar refractivity (Wildman–Crippen MR) is 77.1 cm³/mol. The highest BCUT2D eigenvalue weighted by Gasteiger charge is 2.34. The molecular weight excluding hydrogens is 276 g/mol. The van der Waals surface area contributed by atoms with Crippen LogP contribution >= 0.6 is 11.3 Å². The summed E-state index contributed by atoms with van der Waals surface area (Å²) >= 11 is 1.41. The molecule has 1 heterocycles. The van der Waals surface area contributed by atoms with E-state index in [2.05, 4.69) is 17.2 Å². The van der Waals surface area contributed by atoms with E-state index in [1.807, 2.05) is 6.92 Å². The van der Waals surface area contributed by atoms with E-state index in [1.165, 1.54) is 11.3 Å². The molecule has 0 unspecified atom stereocenters. The maximum Gasteiger partial charge on any atom is 0.308 e. The van der Waals surface area contributed by atoms with Crippen molar-refractivity contribution in [2.45, 2.75) is 52.0 Å². The Balaban J connectivity index is 2.06. The minimum absolute atomic E-state index is 0.180. The summed E-state index contributed by atoms with van der Waals surface area (Å²) in [5.41, 5.74) is 0.737. The van der Waals surface area contributed by atoms with E-state index in [0.29, 0.717) is 11.3 Å². The zero-order valence-electron chi connectivity index (χ0n) is 11.8. The summed E-state index contributed by atoms with van der Waals surface area (Å²) in [6.45, 7) is 3.90. The maximum atomic E-state index is 12.3. The first-order valence-corrected chi connectivity index (χ1v) is 7.84. The molecule has 0 bridgehead atoms. The number of hydrogen-bond donors (Lipinski definition) is 2. The lowest BCUT2D eigenvalue weighted by molar-refractivity contribution is -0.142. The quantitative estimate of drug-likeness (QED) is 0.874. The number of carboxylic acid groups (broad SMARTS) is 1. The van der Waals surface area contributed by atoms with E-state index in [-0.39, 0.29) is 11.9 Å². The Morgan fingerprint density at radius 3 is 2.85 bits per heavy atom. The topological polar surface area (TPSA) is 79.3 Å². The molecule has 0 saturated heterocycles. The summed E-state index contributed by atoms with van der Waals surface area (Å²) in [5, 5.41) is 13.0. The van der Waals surface area contributed by atoms with Crippen LogP contribution in [0.4, 0.5) is 0 Å². The van der Waals surface area contributed by atoms with Crippen molar-refractivity contribution in [1.29, 1.82) is 0 Å². The number of hydrogen-bond acceptors (Lipinski definition) is 4. The molecule has 1 fully saturated rings. The third-order valence-corrected chi connectivity index (χ3v) is 4.88. The number of carboxylic acids is 1. The van der Waals surface area contributed by atoms with Gasteiger partial charge in [-0.1, -0.05) is 13.3 Å². The standard InChI is InChI=1S/C14H20N2O3S/c1-3-5-11-15-8(2)12(20-11)13(17)16-10-7-4-6-9(10)14(18)19/h9-10H,3-7H2,1-2H3,(H,16,17)(H,18,19)/t9-,10+/m0/s1. The average Bonchev–Trinajstić information content (AvgIpc) is 2.96. The van der Waals surface area contributed by atoms with Crippen molar-refractivity contribution in [3.05, 3.63) is 15.6 Å². The number of amides is 1. The normalized spacial score (nSPS) is 21.9. The molecule has 1 aromatic rings. The van der Waals surface area contributed by atoms with E-state index in [4.69, 9.17) is 5.11 Å². The summed E-state index contributed by atoms with van der Waals surface area (Å²) in [7, 11) is 0. The number of carbonyl (C=O) groups excluding carboxylic acids is 1. The van der Waals surface area contributed by atoms with Crippen LogP contribution in [0.25, 0.3) is 0 Å². The van der Waals surface area contributed by atoms with Gasteiger partial charge in [-0.15, -0.1) is 11.3 Å². The Bertz CT molecular complexity index is 513. The SMILES string of the molecule is CCCc1nc(C)c(C(=O)N[C@@H]2CCC[C@@H]2C(=O)O)s1. The fourth-order valence-electron chi connectivity index (χ4n) is 2.65. The molecule has 20 heavy (non-hydrogen) atoms. The van der Waals surface area contributed by atoms with Crippen LogP contribution in [0, 0.1) is 12.8 Å². The number of thiazole rings is 1. The van der Waals surface area contributed by atoms with E-state index >= 15 is 0 Å². The number of nitrogens with one attached hydrogen (secondary N) is 1. The fourth-order valence-corrected chi connectivity index (χ4v) is 3.72. The van der Waals surface area contributed by atoms with Crippen LogP contribution in [0.1, 0.15) is 53.0 Å². The number of aryl methyl sites for hydroxylation is 2. The molecule has 1 aliphatic rings. The molecule has 0 aliphatic heterocycles. The van der Waals surface area contributed by atoms with Crippen molar-refractivity contribution in [2.75, 3.05) is 0 Å². The second kappa shape index (κ2) is 6.35. The van der Waals surface area contributed by atoms with Crippen LogP contribution in [0.5, 0.6) is 0 Å². The summed E-state index contributed by atoms with van der Waals surface area (Å²) in [6, 6.07) is -0.254. The summed E-state index contributed by atoms with van der Waals surface area (Å²) in [5.74, 6) is -1.46. The minimum Gasteiger partial charge on any atom is -0.481 e. The lowest BCUT2D eigenvalue weighted by Crippen LogP contribution is -2.40. The lowest BCUT2D eigenvalue weighted by atomic mass is 10.0. The molecule has 0 spiro atoms. The van der Waals surface area contributed by atoms with Crippen LogP contribution in [-0.2, 0) is 11.2 Å². The van der Waals surface area contributed by atoms with Crippen molar-refractivity contribution >= 4 is 23.2 Å². The average molecular weight is 296 g/mol. The number of carbonyl (C=O) groups is 2. The van der Waals surface area contributed by atoms with Gasteiger partial charge in [0.2, 0.25) is 0 Å². The van der Waals surface area contributed by atoms with Gasteiger partial charge in [-0.3, -0.25) is 9.59 Å². The molecular formula is C14H20N2O3S. The van der Waals surface area contributed by atoms with Crippen molar-refractivity contribution in [2.24, 2.45) is 5.92 Å². The Labute approximate surface area is 122 Å². The first kappa shape index (κ1) is 15.0.